The molecular formula is C12H24O2Si. The first-order chi connectivity index (χ1) is 6.63. The van der Waals surface area contributed by atoms with Crippen LogP contribution in [0.4, 0.5) is 0 Å². The second kappa shape index (κ2) is 4.97. The zero-order chi connectivity index (χ0) is 12.3. The van der Waals surface area contributed by atoms with E-state index in [-0.39, 0.29) is 16.7 Å². The van der Waals surface area contributed by atoms with E-state index in [1.54, 1.807) is 0 Å². The maximum atomic E-state index is 11.1. The molecule has 0 spiro atoms. The van der Waals surface area contributed by atoms with Gasteiger partial charge < -0.3 is 4.74 Å². The number of rotatable bonds is 3. The lowest BCUT2D eigenvalue weighted by molar-refractivity contribution is -0.141. The summed E-state index contributed by atoms with van der Waals surface area (Å²) >= 11 is 0. The van der Waals surface area contributed by atoms with Crippen LogP contribution in [0.25, 0.3) is 0 Å². The zero-order valence-electron chi connectivity index (χ0n) is 11.0. The largest absolute Gasteiger partial charge is 0.462 e. The van der Waals surface area contributed by atoms with Crippen molar-refractivity contribution in [2.24, 2.45) is 0 Å². The summed E-state index contributed by atoms with van der Waals surface area (Å²) in [5, 5.41) is 0.215. The van der Waals surface area contributed by atoms with Crippen LogP contribution in [0, 0.1) is 0 Å². The van der Waals surface area contributed by atoms with Crippen LogP contribution in [0.3, 0.4) is 0 Å². The molecule has 3 heteroatoms. The van der Waals surface area contributed by atoms with Gasteiger partial charge >= 0.3 is 5.97 Å². The molecule has 0 saturated carbocycles. The SMILES string of the molecule is C/C=C/[C@H](OC(C)=O)[Si](C)(C)C(C)(C)C. The fourth-order valence-electron chi connectivity index (χ4n) is 1.21. The predicted molar refractivity (Wildman–Crippen MR) is 67.6 cm³/mol. The first-order valence-corrected chi connectivity index (χ1v) is 8.50. The van der Waals surface area contributed by atoms with E-state index in [1.807, 2.05) is 19.1 Å². The Balaban J connectivity index is 4.98. The molecule has 0 aliphatic carbocycles. The minimum atomic E-state index is -1.65. The van der Waals surface area contributed by atoms with E-state index in [4.69, 9.17) is 4.74 Å². The van der Waals surface area contributed by atoms with Gasteiger partial charge in [-0.2, -0.15) is 0 Å². The molecule has 88 valence electrons. The first kappa shape index (κ1) is 14.4. The molecule has 2 nitrogen and oxygen atoms in total. The average molecular weight is 228 g/mol. The summed E-state index contributed by atoms with van der Waals surface area (Å²) in [4.78, 5) is 11.1. The van der Waals surface area contributed by atoms with Gasteiger partial charge in [0.05, 0.1) is 0 Å². The van der Waals surface area contributed by atoms with E-state index in [9.17, 15) is 4.79 Å². The Morgan fingerprint density at radius 1 is 1.33 bits per heavy atom. The van der Waals surface area contributed by atoms with Gasteiger partial charge in [-0.25, -0.2) is 0 Å². The maximum Gasteiger partial charge on any atom is 0.302 e. The number of ether oxygens (including phenoxy) is 1. The van der Waals surface area contributed by atoms with E-state index >= 15 is 0 Å². The van der Waals surface area contributed by atoms with Gasteiger partial charge in [-0.3, -0.25) is 4.79 Å². The molecule has 0 heterocycles. The molecule has 0 unspecified atom stereocenters. The molecule has 0 aromatic carbocycles. The van der Waals surface area contributed by atoms with Gasteiger partial charge in [0.15, 0.2) is 0 Å². The second-order valence-electron chi connectivity index (χ2n) is 5.53. The third kappa shape index (κ3) is 3.82. The summed E-state index contributed by atoms with van der Waals surface area (Å²) < 4.78 is 5.42. The molecule has 0 aliphatic rings. The van der Waals surface area contributed by atoms with Crippen molar-refractivity contribution in [2.45, 2.75) is 58.5 Å². The number of carbonyl (C=O) groups is 1. The molecule has 0 saturated heterocycles. The number of carbonyl (C=O) groups excluding carboxylic acids is 1. The lowest BCUT2D eigenvalue weighted by atomic mass is 10.2. The molecule has 0 aromatic rings. The smallest absolute Gasteiger partial charge is 0.302 e. The third-order valence-electron chi connectivity index (χ3n) is 3.30. The van der Waals surface area contributed by atoms with Gasteiger partial charge in [0.2, 0.25) is 0 Å². The zero-order valence-corrected chi connectivity index (χ0v) is 12.0. The molecule has 1 atom stereocenters. The van der Waals surface area contributed by atoms with Crippen LogP contribution in [0.5, 0.6) is 0 Å². The van der Waals surface area contributed by atoms with Crippen molar-refractivity contribution in [1.82, 2.24) is 0 Å². The highest BCUT2D eigenvalue weighted by Gasteiger charge is 2.43. The normalized spacial score (nSPS) is 15.4. The van der Waals surface area contributed by atoms with Gasteiger partial charge in [0, 0.05) is 6.92 Å². The summed E-state index contributed by atoms with van der Waals surface area (Å²) in [7, 11) is -1.65. The Bertz CT molecular complexity index is 249. The maximum absolute atomic E-state index is 11.1. The first-order valence-electron chi connectivity index (χ1n) is 5.43. The van der Waals surface area contributed by atoms with Crippen LogP contribution in [0.1, 0.15) is 34.6 Å². The van der Waals surface area contributed by atoms with Crippen LogP contribution in [0.15, 0.2) is 12.2 Å². The molecule has 0 aromatic heterocycles. The molecule has 0 fully saturated rings. The molecule has 15 heavy (non-hydrogen) atoms. The van der Waals surface area contributed by atoms with Crippen LogP contribution in [-0.2, 0) is 9.53 Å². The Labute approximate surface area is 94.7 Å². The summed E-state index contributed by atoms with van der Waals surface area (Å²) in [6.07, 6.45) is 3.98. The summed E-state index contributed by atoms with van der Waals surface area (Å²) in [5.41, 5.74) is -0.0278. The van der Waals surface area contributed by atoms with E-state index in [1.165, 1.54) is 6.92 Å². The predicted octanol–water partition coefficient (Wildman–Crippen LogP) is 3.54. The van der Waals surface area contributed by atoms with Gasteiger partial charge in [-0.15, -0.1) is 0 Å². The highest BCUT2D eigenvalue weighted by molar-refractivity contribution is 6.81. The van der Waals surface area contributed by atoms with Crippen molar-refractivity contribution >= 4 is 14.0 Å². The Kier molecular flexibility index (Phi) is 4.78. The summed E-state index contributed by atoms with van der Waals surface area (Å²) in [5.74, 6) is -0.192. The fraction of sp³-hybridized carbons (Fsp3) is 0.750. The minimum Gasteiger partial charge on any atom is -0.462 e. The number of allylic oxidation sites excluding steroid dienone is 1. The highest BCUT2D eigenvalue weighted by atomic mass is 28.3. The monoisotopic (exact) mass is 228 g/mol. The number of esters is 1. The molecule has 0 bridgehead atoms. The van der Waals surface area contributed by atoms with Gasteiger partial charge in [0.1, 0.15) is 13.8 Å². The highest BCUT2D eigenvalue weighted by Crippen LogP contribution is 2.39. The lowest BCUT2D eigenvalue weighted by Crippen LogP contribution is -2.50. The molecule has 0 amide bonds. The number of hydrogen-bond donors (Lipinski definition) is 0. The second-order valence-corrected chi connectivity index (χ2v) is 11.0. The minimum absolute atomic E-state index is 0.0278. The summed E-state index contributed by atoms with van der Waals surface area (Å²) in [6, 6.07) is 0. The van der Waals surface area contributed by atoms with E-state index in [0.717, 1.165) is 0 Å². The lowest BCUT2D eigenvalue weighted by Gasteiger charge is -2.41. The van der Waals surface area contributed by atoms with Crippen molar-refractivity contribution in [2.75, 3.05) is 0 Å². The van der Waals surface area contributed by atoms with Crippen molar-refractivity contribution in [3.8, 4) is 0 Å². The van der Waals surface area contributed by atoms with E-state index < -0.39 is 8.07 Å². The van der Waals surface area contributed by atoms with Crippen LogP contribution in [0.2, 0.25) is 18.1 Å². The van der Waals surface area contributed by atoms with Crippen molar-refractivity contribution in [3.63, 3.8) is 0 Å². The molecule has 0 N–H and O–H groups in total. The third-order valence-corrected chi connectivity index (χ3v) is 8.90. The quantitative estimate of drug-likeness (QED) is 0.419. The average Bonchev–Trinajstić information content (AvgIpc) is 2.00. The van der Waals surface area contributed by atoms with Crippen molar-refractivity contribution in [3.05, 3.63) is 12.2 Å². The van der Waals surface area contributed by atoms with Crippen LogP contribution >= 0.6 is 0 Å². The molecular weight excluding hydrogens is 204 g/mol. The Hall–Kier alpha value is -0.573. The topological polar surface area (TPSA) is 26.3 Å². The molecule has 0 radical (unpaired) electrons. The van der Waals surface area contributed by atoms with Crippen molar-refractivity contribution in [1.29, 1.82) is 0 Å². The number of hydrogen-bond acceptors (Lipinski definition) is 2. The molecule has 0 aliphatic heterocycles. The van der Waals surface area contributed by atoms with Crippen LogP contribution < -0.4 is 0 Å². The Morgan fingerprint density at radius 2 is 1.80 bits per heavy atom. The van der Waals surface area contributed by atoms with Gasteiger partial charge in [-0.1, -0.05) is 46.0 Å². The Morgan fingerprint density at radius 3 is 2.07 bits per heavy atom. The molecule has 0 rings (SSSR count). The fourth-order valence-corrected chi connectivity index (χ4v) is 3.20. The standard InChI is InChI=1S/C12H24O2Si/c1-8-9-11(14-10(2)13)15(6,7)12(3,4)5/h8-9,11H,1-7H3/b9-8+/t11-/m1/s1. The van der Waals surface area contributed by atoms with Gasteiger partial charge in [0.25, 0.3) is 0 Å². The van der Waals surface area contributed by atoms with Gasteiger partial charge in [-0.05, 0) is 12.0 Å². The van der Waals surface area contributed by atoms with Crippen molar-refractivity contribution < 1.29 is 9.53 Å². The summed E-state index contributed by atoms with van der Waals surface area (Å²) in [6.45, 7) is 14.6. The van der Waals surface area contributed by atoms with E-state index in [2.05, 4.69) is 33.9 Å². The van der Waals surface area contributed by atoms with E-state index in [0.29, 0.717) is 0 Å². The van der Waals surface area contributed by atoms with Crippen LogP contribution in [-0.4, -0.2) is 19.8 Å².